The van der Waals surface area contributed by atoms with Gasteiger partial charge in [0.05, 0.1) is 5.25 Å². The van der Waals surface area contributed by atoms with E-state index < -0.39 is 15.3 Å². The van der Waals surface area contributed by atoms with E-state index in [0.717, 1.165) is 24.2 Å². The van der Waals surface area contributed by atoms with Crippen LogP contribution >= 0.6 is 0 Å². The number of hydrogen-bond donors (Lipinski definition) is 1. The molecule has 1 fully saturated rings. The summed E-state index contributed by atoms with van der Waals surface area (Å²) in [7, 11) is -1.49. The fourth-order valence-electron chi connectivity index (χ4n) is 3.32. The molecule has 0 unspecified atom stereocenters. The average Bonchev–Trinajstić information content (AvgIpc) is 3.17. The number of piperidine rings is 1. The average molecular weight is 391 g/mol. The van der Waals surface area contributed by atoms with Crippen LogP contribution in [0.4, 0.5) is 5.69 Å². The first kappa shape index (κ1) is 19.6. The summed E-state index contributed by atoms with van der Waals surface area (Å²) < 4.78 is 26.1. The van der Waals surface area contributed by atoms with Gasteiger partial charge < -0.3 is 4.90 Å². The summed E-state index contributed by atoms with van der Waals surface area (Å²) in [6, 6.07) is 11.2. The lowest BCUT2D eigenvalue weighted by atomic mass is 9.94. The Morgan fingerprint density at radius 2 is 1.85 bits per heavy atom. The van der Waals surface area contributed by atoms with Gasteiger partial charge in [0.1, 0.15) is 0 Å². The van der Waals surface area contributed by atoms with Gasteiger partial charge in [0.25, 0.3) is 5.91 Å². The largest absolute Gasteiger partial charge is 0.310 e. The third kappa shape index (κ3) is 4.06. The minimum absolute atomic E-state index is 0.177. The van der Waals surface area contributed by atoms with Crippen LogP contribution in [-0.4, -0.2) is 54.2 Å². The van der Waals surface area contributed by atoms with Crippen molar-refractivity contribution in [3.63, 3.8) is 0 Å². The normalized spacial score (nSPS) is 16.6. The van der Waals surface area contributed by atoms with Gasteiger partial charge in [-0.15, -0.1) is 0 Å². The first-order valence-corrected chi connectivity index (χ1v) is 10.7. The molecule has 0 saturated carbocycles. The van der Waals surface area contributed by atoms with Gasteiger partial charge in [-0.1, -0.05) is 18.2 Å². The third-order valence-corrected chi connectivity index (χ3v) is 7.39. The first-order valence-electron chi connectivity index (χ1n) is 9.18. The molecule has 1 saturated heterocycles. The molecule has 0 aliphatic carbocycles. The van der Waals surface area contributed by atoms with E-state index in [4.69, 9.17) is 0 Å². The van der Waals surface area contributed by atoms with Crippen molar-refractivity contribution < 1.29 is 13.2 Å². The number of amides is 1. The molecule has 1 aromatic carbocycles. The van der Waals surface area contributed by atoms with E-state index >= 15 is 0 Å². The van der Waals surface area contributed by atoms with E-state index in [0.29, 0.717) is 18.8 Å². The molecule has 8 heteroatoms. The topological polar surface area (TPSA) is 86.4 Å². The molecule has 0 radical (unpaired) electrons. The number of anilines is 1. The van der Waals surface area contributed by atoms with Crippen molar-refractivity contribution in [1.29, 1.82) is 0 Å². The summed E-state index contributed by atoms with van der Waals surface area (Å²) in [4.78, 5) is 14.2. The van der Waals surface area contributed by atoms with Crippen LogP contribution in [0, 0.1) is 0 Å². The zero-order valence-electron chi connectivity index (χ0n) is 15.9. The number of hydrogen-bond acceptors (Lipinski definition) is 4. The zero-order chi connectivity index (χ0) is 19.6. The Morgan fingerprint density at radius 1 is 1.22 bits per heavy atom. The van der Waals surface area contributed by atoms with Gasteiger partial charge in [-0.3, -0.25) is 9.89 Å². The molecule has 1 aliphatic rings. The SMILES string of the molecule is CC(C)S(=O)(=O)N1CCC(c2cc(C(=O)N(C)c3ccccc3)n[nH]2)CC1. The summed E-state index contributed by atoms with van der Waals surface area (Å²) in [5, 5.41) is 6.76. The maximum absolute atomic E-state index is 12.7. The maximum Gasteiger partial charge on any atom is 0.278 e. The van der Waals surface area contributed by atoms with Crippen LogP contribution in [0.5, 0.6) is 0 Å². The minimum atomic E-state index is -3.21. The Hall–Kier alpha value is -2.19. The molecule has 7 nitrogen and oxygen atoms in total. The van der Waals surface area contributed by atoms with E-state index in [2.05, 4.69) is 10.2 Å². The monoisotopic (exact) mass is 390 g/mol. The van der Waals surface area contributed by atoms with Crippen molar-refractivity contribution in [3.8, 4) is 0 Å². The van der Waals surface area contributed by atoms with Crippen LogP contribution < -0.4 is 4.90 Å². The van der Waals surface area contributed by atoms with Gasteiger partial charge in [-0.25, -0.2) is 12.7 Å². The third-order valence-electron chi connectivity index (χ3n) is 5.11. The van der Waals surface area contributed by atoms with Gasteiger partial charge in [0.2, 0.25) is 10.0 Å². The molecule has 1 aromatic heterocycles. The van der Waals surface area contributed by atoms with Crippen LogP contribution in [0.15, 0.2) is 36.4 Å². The summed E-state index contributed by atoms with van der Waals surface area (Å²) in [6.45, 7) is 4.41. The first-order chi connectivity index (χ1) is 12.8. The molecule has 0 bridgehead atoms. The number of nitrogens with zero attached hydrogens (tertiary/aromatic N) is 3. The standard InChI is InChI=1S/C19H26N4O3S/c1-14(2)27(25,26)23-11-9-15(10-12-23)17-13-18(21-20-17)19(24)22(3)16-7-5-4-6-8-16/h4-8,13-15H,9-12H2,1-3H3,(H,20,21). The van der Waals surface area contributed by atoms with Crippen molar-refractivity contribution in [3.05, 3.63) is 47.8 Å². The number of nitrogens with one attached hydrogen (secondary N) is 1. The smallest absolute Gasteiger partial charge is 0.278 e. The maximum atomic E-state index is 12.7. The van der Waals surface area contributed by atoms with Crippen molar-refractivity contribution >= 4 is 21.6 Å². The van der Waals surface area contributed by atoms with Crippen LogP contribution in [0.3, 0.4) is 0 Å². The minimum Gasteiger partial charge on any atom is -0.310 e. The summed E-state index contributed by atoms with van der Waals surface area (Å²) in [5.41, 5.74) is 2.06. The number of benzene rings is 1. The number of aromatic amines is 1. The Morgan fingerprint density at radius 3 is 2.44 bits per heavy atom. The molecule has 1 N–H and O–H groups in total. The van der Waals surface area contributed by atoms with E-state index in [1.54, 1.807) is 36.2 Å². The quantitative estimate of drug-likeness (QED) is 0.850. The predicted octanol–water partition coefficient (Wildman–Crippen LogP) is 2.60. The van der Waals surface area contributed by atoms with Gasteiger partial charge in [0.15, 0.2) is 5.69 Å². The lowest BCUT2D eigenvalue weighted by Gasteiger charge is -2.31. The Balaban J connectivity index is 1.66. The number of H-pyrrole nitrogens is 1. The lowest BCUT2D eigenvalue weighted by molar-refractivity contribution is 0.0988. The molecule has 1 aliphatic heterocycles. The van der Waals surface area contributed by atoms with Crippen LogP contribution in [0.1, 0.15) is 48.8 Å². The fourth-order valence-corrected chi connectivity index (χ4v) is 4.63. The summed E-state index contributed by atoms with van der Waals surface area (Å²) in [5.74, 6) is 0.00298. The number of para-hydroxylation sites is 1. The highest BCUT2D eigenvalue weighted by molar-refractivity contribution is 7.89. The highest BCUT2D eigenvalue weighted by atomic mass is 32.2. The summed E-state index contributed by atoms with van der Waals surface area (Å²) >= 11 is 0. The second kappa shape index (κ2) is 7.82. The van der Waals surface area contributed by atoms with E-state index in [1.807, 2.05) is 30.3 Å². The van der Waals surface area contributed by atoms with Crippen molar-refractivity contribution in [2.75, 3.05) is 25.0 Å². The molecule has 3 rings (SSSR count). The fraction of sp³-hybridized carbons (Fsp3) is 0.474. The second-order valence-electron chi connectivity index (χ2n) is 7.18. The molecule has 2 heterocycles. The lowest BCUT2D eigenvalue weighted by Crippen LogP contribution is -2.41. The van der Waals surface area contributed by atoms with Crippen molar-refractivity contribution in [1.82, 2.24) is 14.5 Å². The number of carbonyl (C=O) groups is 1. The Kier molecular flexibility index (Phi) is 5.67. The number of aromatic nitrogens is 2. The van der Waals surface area contributed by atoms with Crippen LogP contribution in [0.2, 0.25) is 0 Å². The molecule has 0 spiro atoms. The molecule has 0 atom stereocenters. The molecule has 2 aromatic rings. The van der Waals surface area contributed by atoms with E-state index in [1.165, 1.54) is 0 Å². The zero-order valence-corrected chi connectivity index (χ0v) is 16.7. The van der Waals surface area contributed by atoms with Gasteiger partial charge >= 0.3 is 0 Å². The predicted molar refractivity (Wildman–Crippen MR) is 105 cm³/mol. The highest BCUT2D eigenvalue weighted by Gasteiger charge is 2.31. The molecule has 1 amide bonds. The van der Waals surface area contributed by atoms with Gasteiger partial charge in [-0.05, 0) is 44.9 Å². The number of rotatable bonds is 5. The van der Waals surface area contributed by atoms with Crippen molar-refractivity contribution in [2.24, 2.45) is 0 Å². The highest BCUT2D eigenvalue weighted by Crippen LogP contribution is 2.29. The Labute approximate surface area is 160 Å². The number of sulfonamides is 1. The summed E-state index contributed by atoms with van der Waals surface area (Å²) in [6.07, 6.45) is 1.44. The van der Waals surface area contributed by atoms with Gasteiger partial charge in [0, 0.05) is 37.4 Å². The van der Waals surface area contributed by atoms with Crippen LogP contribution in [0.25, 0.3) is 0 Å². The molecule has 27 heavy (non-hydrogen) atoms. The molecule has 146 valence electrons. The Bertz CT molecular complexity index is 885. The molecular formula is C19H26N4O3S. The molecular weight excluding hydrogens is 364 g/mol. The second-order valence-corrected chi connectivity index (χ2v) is 9.66. The van der Waals surface area contributed by atoms with Crippen LogP contribution in [-0.2, 0) is 10.0 Å². The number of carbonyl (C=O) groups excluding carboxylic acids is 1. The van der Waals surface area contributed by atoms with E-state index in [-0.39, 0.29) is 11.8 Å². The van der Waals surface area contributed by atoms with E-state index in [9.17, 15) is 13.2 Å². The van der Waals surface area contributed by atoms with Gasteiger partial charge in [-0.2, -0.15) is 5.10 Å². The van der Waals surface area contributed by atoms with Crippen molar-refractivity contribution in [2.45, 2.75) is 37.9 Å².